The fraction of sp³-hybridized carbons (Fsp3) is 0.333. The quantitative estimate of drug-likeness (QED) is 0.641. The van der Waals surface area contributed by atoms with Crippen LogP contribution in [0.15, 0.2) is 12.1 Å². The van der Waals surface area contributed by atoms with Gasteiger partial charge < -0.3 is 11.9 Å². The van der Waals surface area contributed by atoms with E-state index < -0.39 is 11.7 Å². The first-order valence-electron chi connectivity index (χ1n) is 3.77. The van der Waals surface area contributed by atoms with Crippen LogP contribution in [0.4, 0.5) is 18.9 Å². The Balaban J connectivity index is 0.00000169. The highest BCUT2D eigenvalue weighted by Crippen LogP contribution is 2.34. The van der Waals surface area contributed by atoms with Crippen molar-refractivity contribution in [3.05, 3.63) is 28.8 Å². The predicted molar refractivity (Wildman–Crippen MR) is 50.4 cm³/mol. The molecule has 0 aliphatic rings. The minimum Gasteiger partial charge on any atom is -0.399 e. The molecular formula is C9H13F3N2. The van der Waals surface area contributed by atoms with Gasteiger partial charge in [-0.25, -0.2) is 0 Å². The lowest BCUT2D eigenvalue weighted by Crippen LogP contribution is -2.09. The van der Waals surface area contributed by atoms with E-state index in [2.05, 4.69) is 0 Å². The number of rotatable bonds is 0. The highest BCUT2D eigenvalue weighted by atomic mass is 19.4. The molecule has 0 atom stereocenters. The molecule has 14 heavy (non-hydrogen) atoms. The van der Waals surface area contributed by atoms with Crippen LogP contribution < -0.4 is 11.9 Å². The summed E-state index contributed by atoms with van der Waals surface area (Å²) >= 11 is 0. The van der Waals surface area contributed by atoms with Crippen molar-refractivity contribution in [3.63, 3.8) is 0 Å². The third-order valence-corrected chi connectivity index (χ3v) is 2.13. The Morgan fingerprint density at radius 2 is 1.57 bits per heavy atom. The van der Waals surface area contributed by atoms with Crippen LogP contribution in [0.5, 0.6) is 0 Å². The first kappa shape index (κ1) is 12.8. The zero-order valence-electron chi connectivity index (χ0n) is 8.07. The summed E-state index contributed by atoms with van der Waals surface area (Å²) in [6.45, 7) is 3.01. The summed E-state index contributed by atoms with van der Waals surface area (Å²) in [5, 5.41) is 0. The molecule has 5 heteroatoms. The molecule has 0 fully saturated rings. The number of hydrogen-bond acceptors (Lipinski definition) is 2. The maximum absolute atomic E-state index is 12.3. The van der Waals surface area contributed by atoms with Crippen molar-refractivity contribution >= 4 is 5.69 Å². The molecule has 0 aromatic heterocycles. The number of halogens is 3. The van der Waals surface area contributed by atoms with Gasteiger partial charge in [0.25, 0.3) is 0 Å². The lowest BCUT2D eigenvalue weighted by molar-refractivity contribution is -0.138. The molecular weight excluding hydrogens is 193 g/mol. The third-order valence-electron chi connectivity index (χ3n) is 2.13. The number of alkyl halides is 3. The maximum Gasteiger partial charge on any atom is 0.416 e. The van der Waals surface area contributed by atoms with Crippen LogP contribution in [0.25, 0.3) is 0 Å². The Morgan fingerprint density at radius 3 is 2.00 bits per heavy atom. The molecule has 0 spiro atoms. The van der Waals surface area contributed by atoms with E-state index in [0.29, 0.717) is 11.3 Å². The highest BCUT2D eigenvalue weighted by molar-refractivity contribution is 5.53. The van der Waals surface area contributed by atoms with Gasteiger partial charge in [-0.15, -0.1) is 0 Å². The van der Waals surface area contributed by atoms with E-state index in [1.165, 1.54) is 13.0 Å². The largest absolute Gasteiger partial charge is 0.416 e. The van der Waals surface area contributed by atoms with Crippen LogP contribution in [-0.4, -0.2) is 0 Å². The first-order chi connectivity index (χ1) is 5.84. The second kappa shape index (κ2) is 3.88. The third kappa shape index (κ3) is 2.17. The van der Waals surface area contributed by atoms with Crippen molar-refractivity contribution in [1.29, 1.82) is 0 Å². The SMILES string of the molecule is Cc1c(N)ccc(C(F)(F)F)c1C.N. The van der Waals surface area contributed by atoms with Gasteiger partial charge >= 0.3 is 6.18 Å². The van der Waals surface area contributed by atoms with Crippen LogP contribution in [0.3, 0.4) is 0 Å². The number of nitrogen functional groups attached to an aromatic ring is 1. The Labute approximate surface area is 80.5 Å². The van der Waals surface area contributed by atoms with Gasteiger partial charge in [0, 0.05) is 5.69 Å². The first-order valence-corrected chi connectivity index (χ1v) is 3.77. The summed E-state index contributed by atoms with van der Waals surface area (Å²) in [4.78, 5) is 0. The van der Waals surface area contributed by atoms with Gasteiger partial charge in [-0.1, -0.05) is 0 Å². The monoisotopic (exact) mass is 206 g/mol. The molecule has 2 nitrogen and oxygen atoms in total. The fourth-order valence-electron chi connectivity index (χ4n) is 1.15. The van der Waals surface area contributed by atoms with E-state index in [0.717, 1.165) is 6.07 Å². The van der Waals surface area contributed by atoms with Gasteiger partial charge in [-0.2, -0.15) is 13.2 Å². The number of anilines is 1. The average molecular weight is 206 g/mol. The Bertz CT molecular complexity index is 332. The van der Waals surface area contributed by atoms with Gasteiger partial charge in [-0.05, 0) is 37.1 Å². The van der Waals surface area contributed by atoms with Crippen LogP contribution >= 0.6 is 0 Å². The molecule has 0 amide bonds. The average Bonchev–Trinajstić information content (AvgIpc) is 1.98. The van der Waals surface area contributed by atoms with Gasteiger partial charge in [0.2, 0.25) is 0 Å². The fourth-order valence-corrected chi connectivity index (χ4v) is 1.15. The van der Waals surface area contributed by atoms with Crippen LogP contribution in [0.1, 0.15) is 16.7 Å². The molecule has 5 N–H and O–H groups in total. The van der Waals surface area contributed by atoms with Crippen molar-refractivity contribution in [2.45, 2.75) is 20.0 Å². The summed E-state index contributed by atoms with van der Waals surface area (Å²) in [5.74, 6) is 0. The van der Waals surface area contributed by atoms with Gasteiger partial charge in [-0.3, -0.25) is 0 Å². The molecule has 0 saturated heterocycles. The number of hydrogen-bond donors (Lipinski definition) is 2. The molecule has 0 heterocycles. The smallest absolute Gasteiger partial charge is 0.399 e. The topological polar surface area (TPSA) is 61.0 Å². The minimum absolute atomic E-state index is 0. The second-order valence-corrected chi connectivity index (χ2v) is 2.95. The maximum atomic E-state index is 12.3. The van der Waals surface area contributed by atoms with E-state index in [1.807, 2.05) is 0 Å². The van der Waals surface area contributed by atoms with Crippen molar-refractivity contribution in [2.75, 3.05) is 5.73 Å². The lowest BCUT2D eigenvalue weighted by atomic mass is 10.0. The molecule has 1 aromatic rings. The van der Waals surface area contributed by atoms with Crippen molar-refractivity contribution in [2.24, 2.45) is 0 Å². The molecule has 0 unspecified atom stereocenters. The van der Waals surface area contributed by atoms with E-state index in [9.17, 15) is 13.2 Å². The summed E-state index contributed by atoms with van der Waals surface area (Å²) < 4.78 is 37.0. The molecule has 80 valence electrons. The molecule has 0 radical (unpaired) electrons. The number of nitrogens with two attached hydrogens (primary N) is 1. The van der Waals surface area contributed by atoms with E-state index in [-0.39, 0.29) is 11.7 Å². The van der Waals surface area contributed by atoms with E-state index in [1.54, 1.807) is 6.92 Å². The zero-order chi connectivity index (χ0) is 10.2. The summed E-state index contributed by atoms with van der Waals surface area (Å²) in [6, 6.07) is 2.29. The minimum atomic E-state index is -4.29. The Kier molecular flexibility index (Phi) is 3.53. The molecule has 0 aliphatic heterocycles. The lowest BCUT2D eigenvalue weighted by Gasteiger charge is -2.13. The molecule has 0 saturated carbocycles. The normalized spacial score (nSPS) is 10.9. The van der Waals surface area contributed by atoms with Gasteiger partial charge in [0.15, 0.2) is 0 Å². The molecule has 1 aromatic carbocycles. The van der Waals surface area contributed by atoms with Crippen LogP contribution in [-0.2, 0) is 6.18 Å². The Morgan fingerprint density at radius 1 is 1.07 bits per heavy atom. The molecule has 0 bridgehead atoms. The summed E-state index contributed by atoms with van der Waals surface area (Å²) in [5.41, 5.74) is 5.94. The highest BCUT2D eigenvalue weighted by Gasteiger charge is 2.32. The van der Waals surface area contributed by atoms with Crippen molar-refractivity contribution < 1.29 is 13.2 Å². The van der Waals surface area contributed by atoms with Crippen LogP contribution in [0, 0.1) is 13.8 Å². The predicted octanol–water partition coefficient (Wildman–Crippen LogP) is 3.07. The summed E-state index contributed by atoms with van der Waals surface area (Å²) in [6.07, 6.45) is -4.29. The second-order valence-electron chi connectivity index (χ2n) is 2.95. The standard InChI is InChI=1S/C9H10F3N.H3N/c1-5-6(2)8(13)4-3-7(5)9(10,11)12;/h3-4H,13H2,1-2H3;1H3. The Hall–Kier alpha value is -1.23. The molecule has 0 aliphatic carbocycles. The van der Waals surface area contributed by atoms with Crippen LogP contribution in [0.2, 0.25) is 0 Å². The number of benzene rings is 1. The van der Waals surface area contributed by atoms with E-state index >= 15 is 0 Å². The van der Waals surface area contributed by atoms with E-state index in [4.69, 9.17) is 5.73 Å². The zero-order valence-corrected chi connectivity index (χ0v) is 8.07. The van der Waals surface area contributed by atoms with Gasteiger partial charge in [0.1, 0.15) is 0 Å². The van der Waals surface area contributed by atoms with Crippen molar-refractivity contribution in [3.8, 4) is 0 Å². The van der Waals surface area contributed by atoms with Crippen molar-refractivity contribution in [1.82, 2.24) is 6.15 Å². The summed E-state index contributed by atoms with van der Waals surface area (Å²) in [7, 11) is 0. The molecule has 1 rings (SSSR count). The van der Waals surface area contributed by atoms with Gasteiger partial charge in [0.05, 0.1) is 5.56 Å².